The van der Waals surface area contributed by atoms with Crippen molar-refractivity contribution in [1.29, 1.82) is 5.26 Å². The first-order chi connectivity index (χ1) is 6.56. The van der Waals surface area contributed by atoms with Gasteiger partial charge in [0.15, 0.2) is 0 Å². The van der Waals surface area contributed by atoms with Gasteiger partial charge in [-0.2, -0.15) is 5.26 Å². The van der Waals surface area contributed by atoms with E-state index in [1.165, 1.54) is 0 Å². The van der Waals surface area contributed by atoms with E-state index in [0.717, 1.165) is 0 Å². The zero-order valence-corrected chi connectivity index (χ0v) is 10.1. The number of hydrogen-bond donors (Lipinski definition) is 0. The van der Waals surface area contributed by atoms with E-state index in [4.69, 9.17) is 18.8 Å². The summed E-state index contributed by atoms with van der Waals surface area (Å²) in [5, 5.41) is 8.34. The van der Waals surface area contributed by atoms with E-state index in [1.54, 1.807) is 0 Å². The second kappa shape index (κ2) is 8.14. The Balaban J connectivity index is 3.79. The molecule has 0 saturated heterocycles. The second-order valence-electron chi connectivity index (χ2n) is 3.27. The first kappa shape index (κ1) is 13.8. The largest absolute Gasteiger partial charge is 0.333 e. The Bertz CT molecular complexity index is 169. The third-order valence-corrected chi connectivity index (χ3v) is 2.59. The van der Waals surface area contributed by atoms with E-state index >= 15 is 0 Å². The summed E-state index contributed by atoms with van der Waals surface area (Å²) >= 11 is 0. The monoisotopic (exact) mass is 219 g/mol. The van der Waals surface area contributed by atoms with Crippen LogP contribution in [-0.4, -0.2) is 18.8 Å². The maximum Gasteiger partial charge on any atom is 0.333 e. The van der Waals surface area contributed by atoms with Crippen LogP contribution in [0.2, 0.25) is 0 Å². The Morgan fingerprint density at radius 1 is 1.14 bits per heavy atom. The zero-order chi connectivity index (χ0) is 11.0. The minimum atomic E-state index is -1.30. The Labute approximate surface area is 87.2 Å². The molecule has 0 aliphatic rings. The maximum absolute atomic E-state index is 8.34. The number of hydrogen-bond acceptors (Lipinski definition) is 4. The van der Waals surface area contributed by atoms with Crippen molar-refractivity contribution in [2.45, 2.75) is 46.3 Å². The van der Waals surface area contributed by atoms with Crippen LogP contribution in [0.15, 0.2) is 0 Å². The van der Waals surface area contributed by atoms with Crippen molar-refractivity contribution in [3.05, 3.63) is 0 Å². The van der Waals surface area contributed by atoms with Crippen molar-refractivity contribution in [2.24, 2.45) is 0 Å². The van der Waals surface area contributed by atoms with Crippen molar-refractivity contribution in [3.8, 4) is 6.07 Å². The summed E-state index contributed by atoms with van der Waals surface area (Å²) in [5.74, 6) is 0. The molecule has 0 aromatic carbocycles. The predicted octanol–water partition coefficient (Wildman–Crippen LogP) is 2.99. The summed E-state index contributed by atoms with van der Waals surface area (Å²) in [6.45, 7) is 8.06. The summed E-state index contributed by atoms with van der Waals surface area (Å²) in [4.78, 5) is 0. The maximum atomic E-state index is 8.34. The highest BCUT2D eigenvalue weighted by Gasteiger charge is 2.15. The van der Waals surface area contributed by atoms with Gasteiger partial charge in [-0.3, -0.25) is 0 Å². The van der Waals surface area contributed by atoms with Crippen LogP contribution in [0.4, 0.5) is 0 Å². The molecular weight excluding hydrogens is 201 g/mol. The van der Waals surface area contributed by atoms with E-state index in [9.17, 15) is 0 Å². The highest BCUT2D eigenvalue weighted by atomic mass is 31.2. The summed E-state index contributed by atoms with van der Waals surface area (Å²) < 4.78 is 16.1. The van der Waals surface area contributed by atoms with Crippen LogP contribution in [0.1, 0.15) is 34.1 Å². The fraction of sp³-hybridized carbons (Fsp3) is 0.889. The van der Waals surface area contributed by atoms with Crippen LogP contribution < -0.4 is 0 Å². The number of nitrogens with zero attached hydrogens (tertiary/aromatic N) is 1. The average molecular weight is 219 g/mol. The fourth-order valence-electron chi connectivity index (χ4n) is 0.596. The van der Waals surface area contributed by atoms with E-state index in [-0.39, 0.29) is 12.2 Å². The molecule has 0 aliphatic carbocycles. The molecule has 0 unspecified atom stereocenters. The first-order valence-electron chi connectivity index (χ1n) is 4.69. The summed E-state index contributed by atoms with van der Waals surface area (Å²) in [6.07, 6.45) is 0.505. The van der Waals surface area contributed by atoms with Gasteiger partial charge in [0.1, 0.15) is 0 Å². The molecule has 0 radical (unpaired) electrons. The lowest BCUT2D eigenvalue weighted by Gasteiger charge is -2.20. The Morgan fingerprint density at radius 3 is 2.00 bits per heavy atom. The molecule has 14 heavy (non-hydrogen) atoms. The SMILES string of the molecule is CC(C)OP(OCCC#N)OC(C)C. The van der Waals surface area contributed by atoms with Crippen molar-refractivity contribution in [1.82, 2.24) is 0 Å². The van der Waals surface area contributed by atoms with Gasteiger partial charge in [0.05, 0.1) is 31.3 Å². The standard InChI is InChI=1S/C9H18NO3P/c1-8(2)12-14(13-9(3)4)11-7-5-6-10/h8-9H,5,7H2,1-4H3. The Kier molecular flexibility index (Phi) is 8.02. The van der Waals surface area contributed by atoms with Gasteiger partial charge in [-0.1, -0.05) is 0 Å². The molecule has 0 amide bonds. The van der Waals surface area contributed by atoms with Gasteiger partial charge in [-0.25, -0.2) is 0 Å². The fourth-order valence-corrected chi connectivity index (χ4v) is 1.70. The summed E-state index contributed by atoms with van der Waals surface area (Å²) in [7, 11) is -1.30. The lowest BCUT2D eigenvalue weighted by molar-refractivity contribution is 0.114. The normalized spacial score (nSPS) is 11.3. The molecule has 0 N–H and O–H groups in total. The molecule has 0 bridgehead atoms. The summed E-state index contributed by atoms with van der Waals surface area (Å²) in [6, 6.07) is 2.00. The van der Waals surface area contributed by atoms with Crippen LogP contribution in [0, 0.1) is 11.3 Å². The quantitative estimate of drug-likeness (QED) is 0.488. The Hall–Kier alpha value is -0.200. The van der Waals surface area contributed by atoms with Gasteiger partial charge in [-0.15, -0.1) is 0 Å². The van der Waals surface area contributed by atoms with E-state index in [2.05, 4.69) is 0 Å². The van der Waals surface area contributed by atoms with Gasteiger partial charge in [-0.05, 0) is 27.7 Å². The molecule has 4 nitrogen and oxygen atoms in total. The van der Waals surface area contributed by atoms with E-state index in [0.29, 0.717) is 13.0 Å². The molecule has 0 aromatic heterocycles. The molecule has 0 saturated carbocycles. The lowest BCUT2D eigenvalue weighted by atomic mass is 10.5. The van der Waals surface area contributed by atoms with Gasteiger partial charge >= 0.3 is 8.60 Å². The minimum Gasteiger partial charge on any atom is -0.311 e. The molecule has 0 fully saturated rings. The van der Waals surface area contributed by atoms with Gasteiger partial charge in [0.25, 0.3) is 0 Å². The smallest absolute Gasteiger partial charge is 0.311 e. The number of nitriles is 1. The van der Waals surface area contributed by atoms with Gasteiger partial charge in [0, 0.05) is 0 Å². The van der Waals surface area contributed by atoms with Crippen LogP contribution in [0.25, 0.3) is 0 Å². The lowest BCUT2D eigenvalue weighted by Crippen LogP contribution is -2.06. The van der Waals surface area contributed by atoms with E-state index in [1.807, 2.05) is 33.8 Å². The average Bonchev–Trinajstić information content (AvgIpc) is 2.02. The van der Waals surface area contributed by atoms with Crippen LogP contribution in [0.5, 0.6) is 0 Å². The van der Waals surface area contributed by atoms with Crippen LogP contribution >= 0.6 is 8.60 Å². The molecular formula is C9H18NO3P. The molecule has 0 aliphatic heterocycles. The molecule has 0 spiro atoms. The molecule has 5 heteroatoms. The molecule has 82 valence electrons. The van der Waals surface area contributed by atoms with Gasteiger partial charge < -0.3 is 13.6 Å². The van der Waals surface area contributed by atoms with Crippen LogP contribution in [0.3, 0.4) is 0 Å². The van der Waals surface area contributed by atoms with Crippen molar-refractivity contribution in [2.75, 3.05) is 6.61 Å². The topological polar surface area (TPSA) is 51.5 Å². The van der Waals surface area contributed by atoms with Gasteiger partial charge in [0.2, 0.25) is 0 Å². The third-order valence-electron chi connectivity index (χ3n) is 1.00. The highest BCUT2D eigenvalue weighted by molar-refractivity contribution is 7.41. The molecule has 0 rings (SSSR count). The number of rotatable bonds is 7. The minimum absolute atomic E-state index is 0.0712. The second-order valence-corrected chi connectivity index (χ2v) is 4.40. The summed E-state index contributed by atoms with van der Waals surface area (Å²) in [5.41, 5.74) is 0. The highest BCUT2D eigenvalue weighted by Crippen LogP contribution is 2.42. The predicted molar refractivity (Wildman–Crippen MR) is 55.5 cm³/mol. The molecule has 0 atom stereocenters. The van der Waals surface area contributed by atoms with Crippen molar-refractivity contribution in [3.63, 3.8) is 0 Å². The Morgan fingerprint density at radius 2 is 1.64 bits per heavy atom. The molecule has 0 aromatic rings. The molecule has 0 heterocycles. The van der Waals surface area contributed by atoms with Crippen molar-refractivity contribution >= 4 is 8.60 Å². The first-order valence-corrected chi connectivity index (χ1v) is 5.79. The van der Waals surface area contributed by atoms with Crippen molar-refractivity contribution < 1.29 is 13.6 Å². The zero-order valence-electron chi connectivity index (χ0n) is 9.19. The van der Waals surface area contributed by atoms with E-state index < -0.39 is 8.60 Å². The van der Waals surface area contributed by atoms with Crippen LogP contribution in [-0.2, 0) is 13.6 Å². The third kappa shape index (κ3) is 8.40.